The van der Waals surface area contributed by atoms with Gasteiger partial charge in [0.2, 0.25) is 0 Å². The van der Waals surface area contributed by atoms with Crippen molar-refractivity contribution in [2.45, 2.75) is 20.3 Å². The number of carbonyl (C=O) groups is 2. The molecule has 158 valence electrons. The van der Waals surface area contributed by atoms with Crippen molar-refractivity contribution in [3.05, 3.63) is 70.8 Å². The summed E-state index contributed by atoms with van der Waals surface area (Å²) in [6, 6.07) is 10.5. The number of rotatable bonds is 10. The molecule has 30 heavy (non-hydrogen) atoms. The Hall–Kier alpha value is -3.54. The molecule has 0 heterocycles. The molecular weight excluding hydrogens is 384 g/mol. The van der Waals surface area contributed by atoms with Crippen molar-refractivity contribution in [2.24, 2.45) is 0 Å². The molecule has 0 fully saturated rings. The van der Waals surface area contributed by atoms with Gasteiger partial charge in [0.25, 0.3) is 0 Å². The van der Waals surface area contributed by atoms with Crippen molar-refractivity contribution in [3.8, 4) is 17.2 Å². The lowest BCUT2D eigenvalue weighted by Gasteiger charge is -2.16. The molecule has 0 aromatic heterocycles. The highest BCUT2D eigenvalue weighted by Crippen LogP contribution is 2.34. The summed E-state index contributed by atoms with van der Waals surface area (Å²) in [6.07, 6.45) is 5.53. The highest BCUT2D eigenvalue weighted by atomic mass is 16.5. The van der Waals surface area contributed by atoms with Crippen LogP contribution >= 0.6 is 0 Å². The first-order valence-corrected chi connectivity index (χ1v) is 9.40. The first-order valence-electron chi connectivity index (χ1n) is 9.40. The zero-order valence-corrected chi connectivity index (χ0v) is 17.6. The molecule has 2 rings (SSSR count). The van der Waals surface area contributed by atoms with Crippen LogP contribution in [0.1, 0.15) is 35.3 Å². The summed E-state index contributed by atoms with van der Waals surface area (Å²) >= 11 is 0. The molecule has 0 saturated carbocycles. The van der Waals surface area contributed by atoms with Crippen LogP contribution in [0.5, 0.6) is 17.2 Å². The zero-order valence-electron chi connectivity index (χ0n) is 17.6. The number of benzene rings is 2. The van der Waals surface area contributed by atoms with Gasteiger partial charge in [-0.15, -0.1) is 0 Å². The van der Waals surface area contributed by atoms with Gasteiger partial charge in [-0.3, -0.25) is 4.79 Å². The number of ketones is 1. The summed E-state index contributed by atoms with van der Waals surface area (Å²) in [5, 5.41) is 9.06. The Kier molecular flexibility index (Phi) is 8.23. The highest BCUT2D eigenvalue weighted by molar-refractivity contribution is 6.09. The van der Waals surface area contributed by atoms with Gasteiger partial charge < -0.3 is 19.3 Å². The summed E-state index contributed by atoms with van der Waals surface area (Å²) in [7, 11) is 3.11. The molecule has 0 spiro atoms. The fourth-order valence-electron chi connectivity index (χ4n) is 2.77. The van der Waals surface area contributed by atoms with Crippen LogP contribution in [0.3, 0.4) is 0 Å². The lowest BCUT2D eigenvalue weighted by molar-refractivity contribution is -0.139. The average molecular weight is 410 g/mol. The minimum absolute atomic E-state index is 0.221. The summed E-state index contributed by atoms with van der Waals surface area (Å²) in [5.41, 5.74) is 2.82. The van der Waals surface area contributed by atoms with Gasteiger partial charge in [0.05, 0.1) is 19.8 Å². The molecule has 0 radical (unpaired) electrons. The first kappa shape index (κ1) is 22.7. The van der Waals surface area contributed by atoms with Gasteiger partial charge in [0.1, 0.15) is 17.2 Å². The van der Waals surface area contributed by atoms with Gasteiger partial charge in [-0.05, 0) is 56.2 Å². The summed E-state index contributed by atoms with van der Waals surface area (Å²) in [6.45, 7) is 3.35. The molecule has 0 unspecified atom stereocenters. The minimum atomic E-state index is -1.13. The summed E-state index contributed by atoms with van der Waals surface area (Å²) < 4.78 is 16.1. The van der Waals surface area contributed by atoms with E-state index in [0.29, 0.717) is 17.7 Å². The number of hydrogen-bond donors (Lipinski definition) is 1. The van der Waals surface area contributed by atoms with E-state index in [1.165, 1.54) is 13.2 Å². The number of carbonyl (C=O) groups excluding carboxylic acids is 1. The first-order chi connectivity index (χ1) is 14.3. The number of hydrogen-bond acceptors (Lipinski definition) is 5. The fourth-order valence-corrected chi connectivity index (χ4v) is 2.77. The van der Waals surface area contributed by atoms with E-state index < -0.39 is 12.6 Å². The van der Waals surface area contributed by atoms with E-state index in [1.54, 1.807) is 37.5 Å². The van der Waals surface area contributed by atoms with E-state index in [1.807, 2.05) is 32.1 Å². The molecule has 2 aromatic carbocycles. The second kappa shape index (κ2) is 10.9. The molecule has 0 atom stereocenters. The number of carboxylic acids is 1. The van der Waals surface area contributed by atoms with Crippen molar-refractivity contribution in [3.63, 3.8) is 0 Å². The Morgan fingerprint density at radius 1 is 1.00 bits per heavy atom. The normalized spacial score (nSPS) is 10.5. The van der Waals surface area contributed by atoms with E-state index >= 15 is 0 Å². The van der Waals surface area contributed by atoms with Crippen LogP contribution < -0.4 is 14.2 Å². The van der Waals surface area contributed by atoms with Crippen molar-refractivity contribution in [1.82, 2.24) is 0 Å². The van der Waals surface area contributed by atoms with Crippen LogP contribution in [0.15, 0.2) is 54.1 Å². The van der Waals surface area contributed by atoms with Crippen LogP contribution in [0.4, 0.5) is 0 Å². The van der Waals surface area contributed by atoms with Crippen LogP contribution in [-0.4, -0.2) is 37.7 Å². The van der Waals surface area contributed by atoms with E-state index in [2.05, 4.69) is 0 Å². The summed E-state index contributed by atoms with van der Waals surface area (Å²) in [5.74, 6) is 0.0505. The number of carboxylic acid groups (broad SMARTS) is 1. The third-order valence-electron chi connectivity index (χ3n) is 4.30. The van der Waals surface area contributed by atoms with Gasteiger partial charge in [0, 0.05) is 5.56 Å². The van der Waals surface area contributed by atoms with Gasteiger partial charge in [-0.2, -0.15) is 0 Å². The zero-order chi connectivity index (χ0) is 22.1. The van der Waals surface area contributed by atoms with Crippen molar-refractivity contribution in [1.29, 1.82) is 0 Å². The lowest BCUT2D eigenvalue weighted by atomic mass is 10.00. The predicted octanol–water partition coefficient (Wildman–Crippen LogP) is 4.57. The molecule has 0 aliphatic carbocycles. The monoisotopic (exact) mass is 410 g/mol. The number of allylic oxidation sites excluding steroid dienone is 3. The molecule has 1 N–H and O–H groups in total. The van der Waals surface area contributed by atoms with Crippen LogP contribution in [0.25, 0.3) is 6.08 Å². The Morgan fingerprint density at radius 3 is 2.27 bits per heavy atom. The Balaban J connectivity index is 2.43. The van der Waals surface area contributed by atoms with Crippen LogP contribution in [-0.2, 0) is 11.2 Å². The predicted molar refractivity (Wildman–Crippen MR) is 116 cm³/mol. The molecule has 0 saturated heterocycles. The second-order valence-electron chi connectivity index (χ2n) is 6.76. The molecule has 6 heteroatoms. The molecular formula is C24H26O6. The standard InChI is InChI=1S/C24H26O6/c1-16(2)5-11-20-22(29-4)14-12-19(24(20)30-15-23(26)27)21(25)13-8-17-6-9-18(28-3)10-7-17/h5-10,12-14H,11,15H2,1-4H3,(H,26,27)/b13-8+. The Labute approximate surface area is 176 Å². The van der Waals surface area contributed by atoms with E-state index in [9.17, 15) is 9.59 Å². The van der Waals surface area contributed by atoms with Crippen molar-refractivity contribution in [2.75, 3.05) is 20.8 Å². The topological polar surface area (TPSA) is 82.1 Å². The average Bonchev–Trinajstić information content (AvgIpc) is 2.74. The molecule has 2 aromatic rings. The maximum absolute atomic E-state index is 12.9. The molecule has 0 aliphatic heterocycles. The van der Waals surface area contributed by atoms with Crippen molar-refractivity contribution < 1.29 is 28.9 Å². The number of ether oxygens (including phenoxy) is 3. The number of methoxy groups -OCH3 is 2. The summed E-state index contributed by atoms with van der Waals surface area (Å²) in [4.78, 5) is 24.0. The molecule has 0 aliphatic rings. The number of aliphatic carboxylic acids is 1. The second-order valence-corrected chi connectivity index (χ2v) is 6.76. The largest absolute Gasteiger partial charge is 0.497 e. The van der Waals surface area contributed by atoms with Crippen LogP contribution in [0, 0.1) is 0 Å². The molecule has 0 bridgehead atoms. The van der Waals surface area contributed by atoms with Crippen molar-refractivity contribution >= 4 is 17.8 Å². The maximum Gasteiger partial charge on any atom is 0.341 e. The minimum Gasteiger partial charge on any atom is -0.497 e. The van der Waals surface area contributed by atoms with Gasteiger partial charge in [-0.25, -0.2) is 4.79 Å². The smallest absolute Gasteiger partial charge is 0.341 e. The Morgan fingerprint density at radius 2 is 1.70 bits per heavy atom. The highest BCUT2D eigenvalue weighted by Gasteiger charge is 2.19. The Bertz CT molecular complexity index is 950. The van der Waals surface area contributed by atoms with Gasteiger partial charge in [-0.1, -0.05) is 29.9 Å². The molecule has 0 amide bonds. The van der Waals surface area contributed by atoms with E-state index in [4.69, 9.17) is 19.3 Å². The molecule has 6 nitrogen and oxygen atoms in total. The van der Waals surface area contributed by atoms with Gasteiger partial charge in [0.15, 0.2) is 12.4 Å². The SMILES string of the molecule is COc1ccc(/C=C/C(=O)c2ccc(OC)c(CC=C(C)C)c2OCC(=O)O)cc1. The van der Waals surface area contributed by atoms with Gasteiger partial charge >= 0.3 is 5.97 Å². The fraction of sp³-hybridized carbons (Fsp3) is 0.250. The quantitative estimate of drug-likeness (QED) is 0.351. The third kappa shape index (κ3) is 6.24. The van der Waals surface area contributed by atoms with Crippen LogP contribution in [0.2, 0.25) is 0 Å². The maximum atomic E-state index is 12.9. The van der Waals surface area contributed by atoms with E-state index in [-0.39, 0.29) is 17.1 Å². The van der Waals surface area contributed by atoms with E-state index in [0.717, 1.165) is 16.9 Å². The third-order valence-corrected chi connectivity index (χ3v) is 4.30. The lowest BCUT2D eigenvalue weighted by Crippen LogP contribution is -2.13.